The van der Waals surface area contributed by atoms with Crippen molar-refractivity contribution in [2.45, 2.75) is 25.5 Å². The van der Waals surface area contributed by atoms with Crippen molar-refractivity contribution in [2.24, 2.45) is 0 Å². The van der Waals surface area contributed by atoms with E-state index in [1.54, 1.807) is 6.07 Å². The second kappa shape index (κ2) is 4.38. The Kier molecular flexibility index (Phi) is 2.82. The summed E-state index contributed by atoms with van der Waals surface area (Å²) in [5, 5.41) is 0. The number of halogens is 1. The predicted octanol–water partition coefficient (Wildman–Crippen LogP) is 2.12. The number of methoxy groups -OCH3 is 1. The lowest BCUT2D eigenvalue weighted by atomic mass is 10.1. The van der Waals surface area contributed by atoms with Gasteiger partial charge in [-0.2, -0.15) is 0 Å². The molecule has 2 N–H and O–H groups in total. The van der Waals surface area contributed by atoms with E-state index in [4.69, 9.17) is 15.2 Å². The summed E-state index contributed by atoms with van der Waals surface area (Å²) in [4.78, 5) is 4.22. The molecule has 1 fully saturated rings. The van der Waals surface area contributed by atoms with Gasteiger partial charge in [0, 0.05) is 18.7 Å². The van der Waals surface area contributed by atoms with Gasteiger partial charge >= 0.3 is 0 Å². The lowest BCUT2D eigenvalue weighted by Gasteiger charge is -2.18. The number of fused-ring (bicyclic) bond motifs is 1. The van der Waals surface area contributed by atoms with Crippen molar-refractivity contribution in [3.63, 3.8) is 0 Å². The number of benzene rings is 1. The number of nitrogens with zero attached hydrogens (tertiary/aromatic N) is 2. The second-order valence-corrected chi connectivity index (χ2v) is 4.75. The number of anilines is 1. The van der Waals surface area contributed by atoms with Crippen molar-refractivity contribution < 1.29 is 13.9 Å². The third-order valence-corrected chi connectivity index (χ3v) is 3.66. The lowest BCUT2D eigenvalue weighted by Crippen LogP contribution is -2.18. The Hall–Kier alpha value is -1.82. The van der Waals surface area contributed by atoms with E-state index in [1.165, 1.54) is 13.2 Å². The molecule has 1 aromatic heterocycles. The zero-order valence-corrected chi connectivity index (χ0v) is 10.9. The van der Waals surface area contributed by atoms with Crippen LogP contribution in [0.15, 0.2) is 12.1 Å². The molecule has 0 spiro atoms. The van der Waals surface area contributed by atoms with Crippen molar-refractivity contribution in [3.8, 4) is 5.75 Å². The first-order valence-electron chi connectivity index (χ1n) is 6.24. The van der Waals surface area contributed by atoms with Crippen molar-refractivity contribution in [1.82, 2.24) is 9.55 Å². The summed E-state index contributed by atoms with van der Waals surface area (Å²) in [5.41, 5.74) is 7.28. The summed E-state index contributed by atoms with van der Waals surface area (Å²) >= 11 is 0. The van der Waals surface area contributed by atoms with Gasteiger partial charge in [0.15, 0.2) is 11.6 Å². The van der Waals surface area contributed by atoms with Crippen molar-refractivity contribution in [2.75, 3.05) is 19.5 Å². The Morgan fingerprint density at radius 2 is 2.32 bits per heavy atom. The van der Waals surface area contributed by atoms with E-state index >= 15 is 0 Å². The van der Waals surface area contributed by atoms with Gasteiger partial charge in [-0.15, -0.1) is 0 Å². The number of hydrogen-bond donors (Lipinski definition) is 1. The molecule has 0 saturated carbocycles. The van der Waals surface area contributed by atoms with Crippen LogP contribution in [-0.4, -0.2) is 29.4 Å². The predicted molar refractivity (Wildman–Crippen MR) is 69.7 cm³/mol. The first-order valence-corrected chi connectivity index (χ1v) is 6.24. The van der Waals surface area contributed by atoms with E-state index in [1.807, 2.05) is 11.5 Å². The third kappa shape index (κ3) is 1.83. The summed E-state index contributed by atoms with van der Waals surface area (Å²) in [6.45, 7) is 2.70. The van der Waals surface area contributed by atoms with Gasteiger partial charge in [-0.05, 0) is 13.3 Å². The standard InChI is InChI=1S/C13H16FN3O2/c1-7-10(3-4-19-7)17-11-6-12(18-2)8(14)5-9(11)16-13(17)15/h5-7,10H,3-4H2,1-2H3,(H2,15,16). The van der Waals surface area contributed by atoms with Gasteiger partial charge in [0.25, 0.3) is 0 Å². The van der Waals surface area contributed by atoms with Gasteiger partial charge in [-0.1, -0.05) is 0 Å². The van der Waals surface area contributed by atoms with Crippen molar-refractivity contribution in [3.05, 3.63) is 17.9 Å². The molecule has 2 heterocycles. The molecule has 0 amide bonds. The average Bonchev–Trinajstić information content (AvgIpc) is 2.90. The van der Waals surface area contributed by atoms with Gasteiger partial charge in [-0.3, -0.25) is 0 Å². The van der Waals surface area contributed by atoms with E-state index in [2.05, 4.69) is 4.98 Å². The minimum absolute atomic E-state index is 0.0655. The van der Waals surface area contributed by atoms with Crippen LogP contribution in [0.25, 0.3) is 11.0 Å². The number of hydrogen-bond acceptors (Lipinski definition) is 4. The zero-order chi connectivity index (χ0) is 13.6. The number of aromatic nitrogens is 2. The minimum Gasteiger partial charge on any atom is -0.494 e. The molecule has 0 bridgehead atoms. The summed E-state index contributed by atoms with van der Waals surface area (Å²) in [7, 11) is 1.44. The highest BCUT2D eigenvalue weighted by atomic mass is 19.1. The van der Waals surface area contributed by atoms with Gasteiger partial charge in [-0.25, -0.2) is 9.37 Å². The van der Waals surface area contributed by atoms with E-state index < -0.39 is 5.82 Å². The van der Waals surface area contributed by atoms with E-state index in [0.29, 0.717) is 18.1 Å². The Morgan fingerprint density at radius 1 is 1.53 bits per heavy atom. The van der Waals surface area contributed by atoms with E-state index in [-0.39, 0.29) is 17.9 Å². The fraction of sp³-hybridized carbons (Fsp3) is 0.462. The monoisotopic (exact) mass is 265 g/mol. The Bertz CT molecular complexity index is 626. The number of ether oxygens (including phenoxy) is 2. The molecule has 1 aliphatic heterocycles. The molecule has 19 heavy (non-hydrogen) atoms. The maximum absolute atomic E-state index is 13.7. The maximum Gasteiger partial charge on any atom is 0.201 e. The van der Waals surface area contributed by atoms with Gasteiger partial charge in [0.2, 0.25) is 5.95 Å². The normalized spacial score (nSPS) is 23.1. The number of nitrogen functional groups attached to an aromatic ring is 1. The fourth-order valence-electron chi connectivity index (χ4n) is 2.68. The topological polar surface area (TPSA) is 62.3 Å². The SMILES string of the molecule is COc1cc2c(cc1F)nc(N)n2C1CCOC1C. The van der Waals surface area contributed by atoms with Crippen LogP contribution in [0.3, 0.4) is 0 Å². The largest absolute Gasteiger partial charge is 0.494 e. The van der Waals surface area contributed by atoms with E-state index in [0.717, 1.165) is 11.9 Å². The van der Waals surface area contributed by atoms with Crippen LogP contribution in [0.5, 0.6) is 5.75 Å². The molecule has 6 heteroatoms. The number of rotatable bonds is 2. The molecule has 102 valence electrons. The Balaban J connectivity index is 2.20. The molecule has 2 atom stereocenters. The second-order valence-electron chi connectivity index (χ2n) is 4.75. The maximum atomic E-state index is 13.7. The van der Waals surface area contributed by atoms with Crippen LogP contribution in [-0.2, 0) is 4.74 Å². The summed E-state index contributed by atoms with van der Waals surface area (Å²) in [5.74, 6) is 0.139. The Morgan fingerprint density at radius 3 is 2.95 bits per heavy atom. The molecule has 5 nitrogen and oxygen atoms in total. The molecule has 3 rings (SSSR count). The van der Waals surface area contributed by atoms with E-state index in [9.17, 15) is 4.39 Å². The smallest absolute Gasteiger partial charge is 0.201 e. The summed E-state index contributed by atoms with van der Waals surface area (Å²) < 4.78 is 26.2. The summed E-state index contributed by atoms with van der Waals surface area (Å²) in [6.07, 6.45) is 0.937. The van der Waals surface area contributed by atoms with Crippen LogP contribution >= 0.6 is 0 Å². The molecule has 0 radical (unpaired) electrons. The van der Waals surface area contributed by atoms with Crippen LogP contribution in [0.4, 0.5) is 10.3 Å². The molecule has 1 aromatic carbocycles. The van der Waals surface area contributed by atoms with Crippen LogP contribution in [0, 0.1) is 5.82 Å². The van der Waals surface area contributed by atoms with Gasteiger partial charge < -0.3 is 19.8 Å². The third-order valence-electron chi connectivity index (χ3n) is 3.66. The van der Waals surface area contributed by atoms with Crippen LogP contribution < -0.4 is 10.5 Å². The van der Waals surface area contributed by atoms with Gasteiger partial charge in [0.05, 0.1) is 30.3 Å². The molecule has 2 unspecified atom stereocenters. The molecular formula is C13H16FN3O2. The minimum atomic E-state index is -0.435. The molecule has 2 aromatic rings. The van der Waals surface area contributed by atoms with Crippen molar-refractivity contribution in [1.29, 1.82) is 0 Å². The number of nitrogens with two attached hydrogens (primary N) is 1. The zero-order valence-electron chi connectivity index (χ0n) is 10.9. The van der Waals surface area contributed by atoms with Crippen LogP contribution in [0.2, 0.25) is 0 Å². The van der Waals surface area contributed by atoms with Crippen molar-refractivity contribution >= 4 is 17.0 Å². The quantitative estimate of drug-likeness (QED) is 0.903. The highest BCUT2D eigenvalue weighted by Crippen LogP contribution is 2.34. The first-order chi connectivity index (χ1) is 9.11. The lowest BCUT2D eigenvalue weighted by molar-refractivity contribution is 0.109. The first kappa shape index (κ1) is 12.2. The number of imidazole rings is 1. The van der Waals surface area contributed by atoms with Crippen LogP contribution in [0.1, 0.15) is 19.4 Å². The molecule has 1 saturated heterocycles. The highest BCUT2D eigenvalue weighted by Gasteiger charge is 2.29. The molecular weight excluding hydrogens is 249 g/mol. The molecule has 1 aliphatic rings. The highest BCUT2D eigenvalue weighted by molar-refractivity contribution is 5.80. The van der Waals surface area contributed by atoms with Gasteiger partial charge in [0.1, 0.15) is 0 Å². The fourth-order valence-corrected chi connectivity index (χ4v) is 2.68. The molecule has 0 aliphatic carbocycles. The average molecular weight is 265 g/mol. The summed E-state index contributed by atoms with van der Waals surface area (Å²) in [6, 6.07) is 3.11. The Labute approximate surface area is 110 Å².